The van der Waals surface area contributed by atoms with Crippen molar-refractivity contribution < 1.29 is 29.2 Å². The first kappa shape index (κ1) is 22.2. The number of aliphatic hydroxyl groups is 2. The molecule has 11 N–H and O–H groups in total. The molecular weight excluding hydrogens is 370 g/mol. The predicted octanol–water partition coefficient (Wildman–Crippen LogP) is -3.73. The molecular formula is C17H35N5O6. The number of ether oxygens (including phenoxy) is 4. The summed E-state index contributed by atoms with van der Waals surface area (Å²) in [7, 11) is 0. The molecule has 28 heavy (non-hydrogen) atoms. The summed E-state index contributed by atoms with van der Waals surface area (Å²) >= 11 is 0. The standard InChI is InChI=1S/C17H35N5O6/c18-4-8-1-2-10(19)17(26-8)28-16-12(21)3-11(20)15(14(16)24)27-13-6-22-5-9(7-23)25-13/h8-17,22-24H,1-7,18-21H2/t8-,9-,10+,11+,12-,13+,14+,15-,16+,17+/m0/s1. The van der Waals surface area contributed by atoms with Gasteiger partial charge in [0.15, 0.2) is 12.6 Å². The number of nitrogens with two attached hydrogens (primary N) is 4. The molecule has 0 spiro atoms. The maximum atomic E-state index is 10.9. The highest BCUT2D eigenvalue weighted by molar-refractivity contribution is 4.99. The Hall–Kier alpha value is -0.440. The average Bonchev–Trinajstić information content (AvgIpc) is 2.69. The molecule has 0 unspecified atom stereocenters. The van der Waals surface area contributed by atoms with Crippen molar-refractivity contribution in [2.75, 3.05) is 26.2 Å². The van der Waals surface area contributed by atoms with E-state index in [2.05, 4.69) is 5.32 Å². The second-order valence-electron chi connectivity index (χ2n) is 7.89. The van der Waals surface area contributed by atoms with Crippen LogP contribution in [0.2, 0.25) is 0 Å². The van der Waals surface area contributed by atoms with Crippen LogP contribution in [0.1, 0.15) is 19.3 Å². The van der Waals surface area contributed by atoms with Gasteiger partial charge >= 0.3 is 0 Å². The summed E-state index contributed by atoms with van der Waals surface area (Å²) in [6.45, 7) is 1.22. The Morgan fingerprint density at radius 3 is 2.32 bits per heavy atom. The number of hydrogen-bond donors (Lipinski definition) is 7. The molecule has 0 bridgehead atoms. The fourth-order valence-electron chi connectivity index (χ4n) is 4.01. The fourth-order valence-corrected chi connectivity index (χ4v) is 4.01. The normalized spacial score (nSPS) is 47.8. The first-order valence-electron chi connectivity index (χ1n) is 10.0. The topological polar surface area (TPSA) is 193 Å². The molecule has 1 saturated carbocycles. The first-order chi connectivity index (χ1) is 13.4. The van der Waals surface area contributed by atoms with E-state index in [4.69, 9.17) is 41.9 Å². The number of aliphatic hydroxyl groups excluding tert-OH is 2. The van der Waals surface area contributed by atoms with E-state index in [9.17, 15) is 10.2 Å². The molecule has 164 valence electrons. The Morgan fingerprint density at radius 1 is 0.929 bits per heavy atom. The Morgan fingerprint density at radius 2 is 1.64 bits per heavy atom. The summed E-state index contributed by atoms with van der Waals surface area (Å²) in [5.41, 5.74) is 24.2. The third-order valence-electron chi connectivity index (χ3n) is 5.65. The summed E-state index contributed by atoms with van der Waals surface area (Å²) in [5.74, 6) is 0. The molecule has 0 aromatic rings. The molecule has 11 nitrogen and oxygen atoms in total. The van der Waals surface area contributed by atoms with Gasteiger partial charge in [-0.1, -0.05) is 0 Å². The lowest BCUT2D eigenvalue weighted by Gasteiger charge is -2.46. The van der Waals surface area contributed by atoms with E-state index in [0.717, 1.165) is 6.42 Å². The molecule has 0 aromatic heterocycles. The van der Waals surface area contributed by atoms with E-state index >= 15 is 0 Å². The quantitative estimate of drug-likeness (QED) is 0.230. The highest BCUT2D eigenvalue weighted by Crippen LogP contribution is 2.28. The van der Waals surface area contributed by atoms with E-state index in [0.29, 0.717) is 32.5 Å². The Bertz CT molecular complexity index is 491. The van der Waals surface area contributed by atoms with Gasteiger partial charge in [-0.3, -0.25) is 0 Å². The molecule has 3 fully saturated rings. The fraction of sp³-hybridized carbons (Fsp3) is 1.00. The Labute approximate surface area is 165 Å². The van der Waals surface area contributed by atoms with Crippen LogP contribution in [-0.2, 0) is 18.9 Å². The van der Waals surface area contributed by atoms with E-state index in [1.54, 1.807) is 0 Å². The van der Waals surface area contributed by atoms with Gasteiger partial charge in [-0.2, -0.15) is 0 Å². The lowest BCUT2D eigenvalue weighted by Crippen LogP contribution is -2.65. The van der Waals surface area contributed by atoms with Gasteiger partial charge in [-0.25, -0.2) is 0 Å². The van der Waals surface area contributed by atoms with Crippen LogP contribution in [0.5, 0.6) is 0 Å². The van der Waals surface area contributed by atoms with E-state index < -0.39 is 43.0 Å². The van der Waals surface area contributed by atoms with E-state index in [-0.39, 0.29) is 24.9 Å². The van der Waals surface area contributed by atoms with Gasteiger partial charge in [0.25, 0.3) is 0 Å². The predicted molar refractivity (Wildman–Crippen MR) is 99.9 cm³/mol. The maximum Gasteiger partial charge on any atom is 0.173 e. The van der Waals surface area contributed by atoms with Crippen molar-refractivity contribution in [3.8, 4) is 0 Å². The van der Waals surface area contributed by atoms with Gasteiger partial charge in [0, 0.05) is 31.7 Å². The third-order valence-corrected chi connectivity index (χ3v) is 5.65. The molecule has 11 heteroatoms. The van der Waals surface area contributed by atoms with Crippen LogP contribution in [0.4, 0.5) is 0 Å². The van der Waals surface area contributed by atoms with Crippen molar-refractivity contribution >= 4 is 0 Å². The van der Waals surface area contributed by atoms with Crippen LogP contribution < -0.4 is 28.3 Å². The Kier molecular flexibility index (Phi) is 7.98. The van der Waals surface area contributed by atoms with Crippen LogP contribution in [0.3, 0.4) is 0 Å². The third kappa shape index (κ3) is 5.18. The molecule has 3 rings (SSSR count). The average molecular weight is 405 g/mol. The van der Waals surface area contributed by atoms with E-state index in [1.165, 1.54) is 0 Å². The second-order valence-corrected chi connectivity index (χ2v) is 7.89. The van der Waals surface area contributed by atoms with Crippen LogP contribution in [0.25, 0.3) is 0 Å². The zero-order valence-corrected chi connectivity index (χ0v) is 16.1. The van der Waals surface area contributed by atoms with Crippen molar-refractivity contribution in [3.63, 3.8) is 0 Å². The highest BCUT2D eigenvalue weighted by atomic mass is 16.7. The zero-order chi connectivity index (χ0) is 20.3. The second kappa shape index (κ2) is 10.0. The van der Waals surface area contributed by atoms with Crippen LogP contribution in [-0.4, -0.2) is 97.7 Å². The monoisotopic (exact) mass is 405 g/mol. The number of hydrogen-bond acceptors (Lipinski definition) is 11. The smallest absolute Gasteiger partial charge is 0.173 e. The van der Waals surface area contributed by atoms with Crippen molar-refractivity contribution in [1.82, 2.24) is 5.32 Å². The molecule has 10 atom stereocenters. The minimum Gasteiger partial charge on any atom is -0.394 e. The van der Waals surface area contributed by atoms with E-state index in [1.807, 2.05) is 0 Å². The van der Waals surface area contributed by atoms with Gasteiger partial charge in [0.2, 0.25) is 0 Å². The SMILES string of the molecule is NC[C@@H]1CC[C@@H](N)[C@@H](O[C@H]2[C@H](O)[C@@H](O[C@@H]3CNC[C@@H](CO)O3)[C@H](N)C[C@@H]2N)O1. The van der Waals surface area contributed by atoms with Crippen LogP contribution >= 0.6 is 0 Å². The number of rotatable bonds is 6. The van der Waals surface area contributed by atoms with Crippen LogP contribution in [0.15, 0.2) is 0 Å². The minimum atomic E-state index is -1.08. The summed E-state index contributed by atoms with van der Waals surface area (Å²) < 4.78 is 23.4. The molecule has 2 saturated heterocycles. The molecule has 3 aliphatic rings. The number of morpholine rings is 1. The molecule has 0 radical (unpaired) electrons. The van der Waals surface area contributed by atoms with Crippen molar-refractivity contribution in [3.05, 3.63) is 0 Å². The first-order valence-corrected chi connectivity index (χ1v) is 10.0. The van der Waals surface area contributed by atoms with Crippen molar-refractivity contribution in [2.24, 2.45) is 22.9 Å². The maximum absolute atomic E-state index is 10.9. The van der Waals surface area contributed by atoms with Crippen LogP contribution in [0, 0.1) is 0 Å². The highest BCUT2D eigenvalue weighted by Gasteiger charge is 2.46. The minimum absolute atomic E-state index is 0.123. The summed E-state index contributed by atoms with van der Waals surface area (Å²) in [6.07, 6.45) is -2.51. The summed E-state index contributed by atoms with van der Waals surface area (Å²) in [4.78, 5) is 0. The Balaban J connectivity index is 1.63. The van der Waals surface area contributed by atoms with Crippen molar-refractivity contribution in [1.29, 1.82) is 0 Å². The number of nitrogens with one attached hydrogen (secondary N) is 1. The largest absolute Gasteiger partial charge is 0.394 e. The molecule has 2 aliphatic heterocycles. The summed E-state index contributed by atoms with van der Waals surface area (Å²) in [6, 6.07) is -1.30. The molecule has 0 amide bonds. The van der Waals surface area contributed by atoms with Gasteiger partial charge < -0.3 is 57.4 Å². The molecule has 1 aliphatic carbocycles. The lowest BCUT2D eigenvalue weighted by atomic mass is 9.84. The van der Waals surface area contributed by atoms with Gasteiger partial charge in [-0.05, 0) is 19.3 Å². The molecule has 2 heterocycles. The zero-order valence-electron chi connectivity index (χ0n) is 16.1. The van der Waals surface area contributed by atoms with Gasteiger partial charge in [-0.15, -0.1) is 0 Å². The van der Waals surface area contributed by atoms with Gasteiger partial charge in [0.05, 0.1) is 24.9 Å². The lowest BCUT2D eigenvalue weighted by molar-refractivity contribution is -0.277. The van der Waals surface area contributed by atoms with Crippen molar-refractivity contribution in [2.45, 2.75) is 80.5 Å². The molecule has 0 aromatic carbocycles. The summed E-state index contributed by atoms with van der Waals surface area (Å²) in [5, 5.41) is 23.3. The van der Waals surface area contributed by atoms with Gasteiger partial charge in [0.1, 0.15) is 18.3 Å².